The highest BCUT2D eigenvalue weighted by Gasteiger charge is 2.17. The molecule has 0 saturated carbocycles. The Kier molecular flexibility index (Phi) is 5.56. The summed E-state index contributed by atoms with van der Waals surface area (Å²) in [5, 5.41) is 0. The van der Waals surface area contributed by atoms with Crippen molar-refractivity contribution >= 4 is 0 Å². The first-order chi connectivity index (χ1) is 5.49. The average molecular weight is 171 g/mol. The molecule has 0 aliphatic rings. The number of hydrogen-bond acceptors (Lipinski definition) is 1. The second-order valence-electron chi connectivity index (χ2n) is 4.64. The van der Waals surface area contributed by atoms with E-state index in [9.17, 15) is 0 Å². The first-order valence-corrected chi connectivity index (χ1v) is 5.28. The standard InChI is InChI=1S/C11H25N/c1-5-7-10(8-6-2)9-11(3,4)12/h10H,5-9,12H2,1-4H3. The fourth-order valence-corrected chi connectivity index (χ4v) is 1.91. The van der Waals surface area contributed by atoms with Crippen LogP contribution in [0.3, 0.4) is 0 Å². The van der Waals surface area contributed by atoms with E-state index in [1.54, 1.807) is 0 Å². The molecule has 0 saturated heterocycles. The zero-order valence-electron chi connectivity index (χ0n) is 9.19. The normalized spacial score (nSPS) is 12.5. The highest BCUT2D eigenvalue weighted by atomic mass is 14.7. The Morgan fingerprint density at radius 3 is 1.75 bits per heavy atom. The van der Waals surface area contributed by atoms with Crippen LogP contribution in [-0.4, -0.2) is 5.54 Å². The molecular formula is C11H25N. The molecule has 12 heavy (non-hydrogen) atoms. The van der Waals surface area contributed by atoms with Crippen molar-refractivity contribution in [1.29, 1.82) is 0 Å². The van der Waals surface area contributed by atoms with Gasteiger partial charge in [-0.05, 0) is 26.2 Å². The Balaban J connectivity index is 3.77. The lowest BCUT2D eigenvalue weighted by Gasteiger charge is -2.25. The highest BCUT2D eigenvalue weighted by Crippen LogP contribution is 2.22. The Hall–Kier alpha value is -0.0400. The molecule has 0 aromatic carbocycles. The van der Waals surface area contributed by atoms with Crippen LogP contribution in [0.15, 0.2) is 0 Å². The second-order valence-corrected chi connectivity index (χ2v) is 4.64. The van der Waals surface area contributed by atoms with E-state index in [0.717, 1.165) is 5.92 Å². The highest BCUT2D eigenvalue weighted by molar-refractivity contribution is 4.76. The molecule has 0 atom stereocenters. The molecule has 0 aromatic rings. The van der Waals surface area contributed by atoms with Crippen molar-refractivity contribution in [1.82, 2.24) is 0 Å². The summed E-state index contributed by atoms with van der Waals surface area (Å²) >= 11 is 0. The lowest BCUT2D eigenvalue weighted by atomic mass is 9.86. The van der Waals surface area contributed by atoms with Gasteiger partial charge in [0.2, 0.25) is 0 Å². The summed E-state index contributed by atoms with van der Waals surface area (Å²) < 4.78 is 0. The molecule has 0 rings (SSSR count). The molecule has 74 valence electrons. The Bertz CT molecular complexity index is 96.1. The van der Waals surface area contributed by atoms with Crippen molar-refractivity contribution in [2.75, 3.05) is 0 Å². The topological polar surface area (TPSA) is 26.0 Å². The van der Waals surface area contributed by atoms with Gasteiger partial charge in [0, 0.05) is 5.54 Å². The summed E-state index contributed by atoms with van der Waals surface area (Å²) in [6.07, 6.45) is 6.44. The van der Waals surface area contributed by atoms with E-state index in [1.165, 1.54) is 32.1 Å². The van der Waals surface area contributed by atoms with Gasteiger partial charge in [-0.3, -0.25) is 0 Å². The van der Waals surface area contributed by atoms with E-state index in [-0.39, 0.29) is 5.54 Å². The molecule has 2 N–H and O–H groups in total. The molecule has 0 bridgehead atoms. The van der Waals surface area contributed by atoms with Crippen molar-refractivity contribution in [3.05, 3.63) is 0 Å². The Morgan fingerprint density at radius 1 is 1.08 bits per heavy atom. The van der Waals surface area contributed by atoms with Crippen molar-refractivity contribution < 1.29 is 0 Å². The minimum absolute atomic E-state index is 0.0228. The van der Waals surface area contributed by atoms with Gasteiger partial charge in [0.1, 0.15) is 0 Å². The third kappa shape index (κ3) is 6.66. The van der Waals surface area contributed by atoms with Crippen molar-refractivity contribution in [2.24, 2.45) is 11.7 Å². The Morgan fingerprint density at radius 2 is 1.50 bits per heavy atom. The summed E-state index contributed by atoms with van der Waals surface area (Å²) in [4.78, 5) is 0. The molecule has 0 aliphatic carbocycles. The monoisotopic (exact) mass is 171 g/mol. The van der Waals surface area contributed by atoms with E-state index < -0.39 is 0 Å². The second kappa shape index (κ2) is 5.58. The molecular weight excluding hydrogens is 146 g/mol. The zero-order chi connectivity index (χ0) is 9.61. The first-order valence-electron chi connectivity index (χ1n) is 5.28. The summed E-state index contributed by atoms with van der Waals surface area (Å²) in [6, 6.07) is 0. The predicted molar refractivity (Wildman–Crippen MR) is 56.2 cm³/mol. The smallest absolute Gasteiger partial charge is 0.00996 e. The molecule has 0 amide bonds. The fourth-order valence-electron chi connectivity index (χ4n) is 1.91. The van der Waals surface area contributed by atoms with Gasteiger partial charge >= 0.3 is 0 Å². The van der Waals surface area contributed by atoms with Crippen LogP contribution in [0.25, 0.3) is 0 Å². The first kappa shape index (κ1) is 12.0. The summed E-state index contributed by atoms with van der Waals surface area (Å²) in [5.41, 5.74) is 6.02. The maximum atomic E-state index is 6.00. The van der Waals surface area contributed by atoms with Gasteiger partial charge in [-0.15, -0.1) is 0 Å². The Labute approximate surface area is 77.7 Å². The predicted octanol–water partition coefficient (Wildman–Crippen LogP) is 3.33. The van der Waals surface area contributed by atoms with Gasteiger partial charge in [-0.25, -0.2) is 0 Å². The van der Waals surface area contributed by atoms with Crippen LogP contribution < -0.4 is 5.73 Å². The van der Waals surface area contributed by atoms with Gasteiger partial charge in [-0.1, -0.05) is 39.5 Å². The molecule has 0 aliphatic heterocycles. The molecule has 1 nitrogen and oxygen atoms in total. The van der Waals surface area contributed by atoms with Crippen LogP contribution in [0.2, 0.25) is 0 Å². The van der Waals surface area contributed by atoms with Crippen LogP contribution >= 0.6 is 0 Å². The lowest BCUT2D eigenvalue weighted by Crippen LogP contribution is -2.34. The summed E-state index contributed by atoms with van der Waals surface area (Å²) in [7, 11) is 0. The SMILES string of the molecule is CCCC(CCC)CC(C)(C)N. The van der Waals surface area contributed by atoms with Crippen LogP contribution in [0.4, 0.5) is 0 Å². The lowest BCUT2D eigenvalue weighted by molar-refractivity contribution is 0.323. The van der Waals surface area contributed by atoms with Crippen LogP contribution in [0, 0.1) is 5.92 Å². The van der Waals surface area contributed by atoms with E-state index in [1.807, 2.05) is 0 Å². The van der Waals surface area contributed by atoms with E-state index in [2.05, 4.69) is 27.7 Å². The van der Waals surface area contributed by atoms with Gasteiger partial charge in [0.25, 0.3) is 0 Å². The van der Waals surface area contributed by atoms with E-state index >= 15 is 0 Å². The van der Waals surface area contributed by atoms with E-state index in [0.29, 0.717) is 0 Å². The van der Waals surface area contributed by atoms with Gasteiger partial charge < -0.3 is 5.73 Å². The third-order valence-electron chi connectivity index (χ3n) is 2.21. The van der Waals surface area contributed by atoms with E-state index in [4.69, 9.17) is 5.73 Å². The minimum atomic E-state index is 0.0228. The van der Waals surface area contributed by atoms with Crippen LogP contribution in [0.1, 0.15) is 59.8 Å². The van der Waals surface area contributed by atoms with Crippen molar-refractivity contribution in [2.45, 2.75) is 65.3 Å². The van der Waals surface area contributed by atoms with Crippen molar-refractivity contribution in [3.8, 4) is 0 Å². The molecule has 1 heteroatoms. The maximum Gasteiger partial charge on any atom is 0.00996 e. The molecule has 0 aromatic heterocycles. The fraction of sp³-hybridized carbons (Fsp3) is 1.00. The largest absolute Gasteiger partial charge is 0.326 e. The number of hydrogen-bond donors (Lipinski definition) is 1. The summed E-state index contributed by atoms with van der Waals surface area (Å²) in [5.74, 6) is 0.847. The average Bonchev–Trinajstić information content (AvgIpc) is 1.84. The molecule has 0 radical (unpaired) electrons. The summed E-state index contributed by atoms with van der Waals surface area (Å²) in [6.45, 7) is 8.77. The quantitative estimate of drug-likeness (QED) is 0.652. The molecule has 0 heterocycles. The maximum absolute atomic E-state index is 6.00. The molecule has 0 unspecified atom stereocenters. The van der Waals surface area contributed by atoms with Gasteiger partial charge in [-0.2, -0.15) is 0 Å². The third-order valence-corrected chi connectivity index (χ3v) is 2.21. The zero-order valence-corrected chi connectivity index (χ0v) is 9.19. The molecule has 0 fully saturated rings. The molecule has 0 spiro atoms. The van der Waals surface area contributed by atoms with Gasteiger partial charge in [0.05, 0.1) is 0 Å². The van der Waals surface area contributed by atoms with Crippen LogP contribution in [-0.2, 0) is 0 Å². The number of nitrogens with two attached hydrogens (primary N) is 1. The number of rotatable bonds is 6. The minimum Gasteiger partial charge on any atom is -0.326 e. The van der Waals surface area contributed by atoms with Crippen molar-refractivity contribution in [3.63, 3.8) is 0 Å². The van der Waals surface area contributed by atoms with Gasteiger partial charge in [0.15, 0.2) is 0 Å². The van der Waals surface area contributed by atoms with Crippen LogP contribution in [0.5, 0.6) is 0 Å².